The number of amides is 3. The van der Waals surface area contributed by atoms with Gasteiger partial charge in [0.05, 0.1) is 22.9 Å². The predicted molar refractivity (Wildman–Crippen MR) is 159 cm³/mol. The Morgan fingerprint density at radius 1 is 0.927 bits per heavy atom. The number of hydrazone groups is 1. The first-order valence-electron chi connectivity index (χ1n) is 12.9. The largest absolute Gasteiger partial charge is 0.478 e. The SMILES string of the molecule is CCC(Sc1cccc(NC(=O)c2cccc3cccc(C(=O)O)c23)c1)C(=O)NC1=NN(c2ccccc2)C(=O)C1. The van der Waals surface area contributed by atoms with Crippen LogP contribution in [-0.4, -0.2) is 39.9 Å². The van der Waals surface area contributed by atoms with Crippen molar-refractivity contribution in [3.63, 3.8) is 0 Å². The summed E-state index contributed by atoms with van der Waals surface area (Å²) in [7, 11) is 0. The molecule has 206 valence electrons. The van der Waals surface area contributed by atoms with E-state index in [2.05, 4.69) is 15.7 Å². The summed E-state index contributed by atoms with van der Waals surface area (Å²) in [6, 6.07) is 26.0. The first kappa shape index (κ1) is 27.6. The van der Waals surface area contributed by atoms with Crippen molar-refractivity contribution in [2.75, 3.05) is 10.3 Å². The van der Waals surface area contributed by atoms with E-state index in [9.17, 15) is 24.3 Å². The highest BCUT2D eigenvalue weighted by atomic mass is 32.2. The minimum absolute atomic E-state index is 0.00100. The van der Waals surface area contributed by atoms with E-state index in [-0.39, 0.29) is 29.4 Å². The van der Waals surface area contributed by atoms with Crippen LogP contribution in [0.2, 0.25) is 0 Å². The Labute approximate surface area is 240 Å². The van der Waals surface area contributed by atoms with Gasteiger partial charge in [0.1, 0.15) is 5.84 Å². The number of nitrogens with zero attached hydrogens (tertiary/aromatic N) is 2. The number of fused-ring (bicyclic) bond motifs is 1. The minimum atomic E-state index is -1.11. The van der Waals surface area contributed by atoms with E-state index in [4.69, 9.17) is 0 Å². The first-order chi connectivity index (χ1) is 19.8. The molecule has 5 rings (SSSR count). The molecule has 0 fully saturated rings. The molecule has 0 bridgehead atoms. The zero-order chi connectivity index (χ0) is 28.9. The minimum Gasteiger partial charge on any atom is -0.478 e. The zero-order valence-electron chi connectivity index (χ0n) is 22.0. The van der Waals surface area contributed by atoms with Crippen LogP contribution in [0.3, 0.4) is 0 Å². The van der Waals surface area contributed by atoms with Gasteiger partial charge in [0.15, 0.2) is 0 Å². The molecule has 0 spiro atoms. The molecule has 41 heavy (non-hydrogen) atoms. The summed E-state index contributed by atoms with van der Waals surface area (Å²) in [5.74, 6) is -1.76. The average Bonchev–Trinajstić information content (AvgIpc) is 3.35. The zero-order valence-corrected chi connectivity index (χ0v) is 22.9. The van der Waals surface area contributed by atoms with Crippen molar-refractivity contribution in [2.24, 2.45) is 5.10 Å². The maximum absolute atomic E-state index is 13.2. The van der Waals surface area contributed by atoms with Crippen molar-refractivity contribution in [3.8, 4) is 0 Å². The van der Waals surface area contributed by atoms with E-state index >= 15 is 0 Å². The standard InChI is InChI=1S/C31H26N4O5S/c1-2-25(30(38)33-26-18-27(36)35(34-26)21-12-4-3-5-13-21)41-22-14-8-11-20(17-22)32-29(37)23-15-6-9-19-10-7-16-24(28(19)23)31(39)40/h3-17,25H,2,18H2,1H3,(H,32,37)(H,39,40)(H,33,34,38). The molecular weight excluding hydrogens is 540 g/mol. The Morgan fingerprint density at radius 3 is 2.34 bits per heavy atom. The van der Waals surface area contributed by atoms with E-state index in [1.807, 2.05) is 31.2 Å². The van der Waals surface area contributed by atoms with Crippen LogP contribution < -0.4 is 15.6 Å². The van der Waals surface area contributed by atoms with Crippen LogP contribution in [-0.2, 0) is 9.59 Å². The second-order valence-electron chi connectivity index (χ2n) is 9.26. The molecular formula is C31H26N4O5S. The van der Waals surface area contributed by atoms with Crippen molar-refractivity contribution in [1.82, 2.24) is 5.32 Å². The summed E-state index contributed by atoms with van der Waals surface area (Å²) in [4.78, 5) is 51.3. The molecule has 3 amide bonds. The fourth-order valence-corrected chi connectivity index (χ4v) is 5.55. The lowest BCUT2D eigenvalue weighted by atomic mass is 9.98. The summed E-state index contributed by atoms with van der Waals surface area (Å²) < 4.78 is 0. The van der Waals surface area contributed by atoms with Crippen LogP contribution in [0.25, 0.3) is 10.8 Å². The van der Waals surface area contributed by atoms with Crippen LogP contribution in [0, 0.1) is 0 Å². The number of benzene rings is 4. The van der Waals surface area contributed by atoms with E-state index in [1.54, 1.807) is 60.7 Å². The van der Waals surface area contributed by atoms with Crippen molar-refractivity contribution < 1.29 is 24.3 Å². The van der Waals surface area contributed by atoms with Crippen LogP contribution in [0.15, 0.2) is 101 Å². The van der Waals surface area contributed by atoms with Gasteiger partial charge in [0.25, 0.3) is 11.8 Å². The number of carbonyl (C=O) groups is 4. The summed E-state index contributed by atoms with van der Waals surface area (Å²) in [5, 5.41) is 21.4. The number of aromatic carboxylic acids is 1. The lowest BCUT2D eigenvalue weighted by Gasteiger charge is -2.15. The highest BCUT2D eigenvalue weighted by Crippen LogP contribution is 2.29. The predicted octanol–water partition coefficient (Wildman–Crippen LogP) is 5.53. The van der Waals surface area contributed by atoms with Gasteiger partial charge in [-0.25, -0.2) is 4.79 Å². The van der Waals surface area contributed by atoms with E-state index in [0.717, 1.165) is 4.90 Å². The number of anilines is 2. The van der Waals surface area contributed by atoms with Crippen LogP contribution >= 0.6 is 11.8 Å². The van der Waals surface area contributed by atoms with Crippen LogP contribution in [0.1, 0.15) is 40.5 Å². The molecule has 1 aliphatic rings. The van der Waals surface area contributed by atoms with Gasteiger partial charge in [-0.05, 0) is 54.3 Å². The molecule has 1 atom stereocenters. The quantitative estimate of drug-likeness (QED) is 0.241. The Hall–Kier alpha value is -4.96. The third-order valence-electron chi connectivity index (χ3n) is 6.46. The van der Waals surface area contributed by atoms with Gasteiger partial charge >= 0.3 is 5.97 Å². The number of hydrogen-bond donors (Lipinski definition) is 3. The molecule has 1 unspecified atom stereocenters. The summed E-state index contributed by atoms with van der Waals surface area (Å²) in [5.41, 5.74) is 1.43. The van der Waals surface area contributed by atoms with Crippen molar-refractivity contribution in [3.05, 3.63) is 102 Å². The molecule has 4 aromatic rings. The van der Waals surface area contributed by atoms with Gasteiger partial charge < -0.3 is 15.7 Å². The molecule has 4 aromatic carbocycles. The fraction of sp³-hybridized carbons (Fsp3) is 0.129. The second-order valence-corrected chi connectivity index (χ2v) is 10.5. The van der Waals surface area contributed by atoms with Gasteiger partial charge in [0, 0.05) is 21.5 Å². The number of carbonyl (C=O) groups excluding carboxylic acids is 3. The van der Waals surface area contributed by atoms with Gasteiger partial charge in [-0.15, -0.1) is 11.8 Å². The molecule has 10 heteroatoms. The van der Waals surface area contributed by atoms with Crippen molar-refractivity contribution >= 4 is 63.4 Å². The smallest absolute Gasteiger partial charge is 0.336 e. The topological polar surface area (TPSA) is 128 Å². The fourth-order valence-electron chi connectivity index (χ4n) is 4.53. The highest BCUT2D eigenvalue weighted by molar-refractivity contribution is 8.00. The number of nitrogens with one attached hydrogen (secondary N) is 2. The van der Waals surface area contributed by atoms with Crippen LogP contribution in [0.4, 0.5) is 11.4 Å². The molecule has 1 aliphatic heterocycles. The normalized spacial score (nSPS) is 13.5. The average molecular weight is 567 g/mol. The molecule has 9 nitrogen and oxygen atoms in total. The van der Waals surface area contributed by atoms with Crippen molar-refractivity contribution in [2.45, 2.75) is 29.9 Å². The third kappa shape index (κ3) is 6.12. The number of rotatable bonds is 8. The van der Waals surface area contributed by atoms with Gasteiger partial charge in [0.2, 0.25) is 5.91 Å². The van der Waals surface area contributed by atoms with E-state index in [0.29, 0.717) is 34.4 Å². The maximum Gasteiger partial charge on any atom is 0.336 e. The third-order valence-corrected chi connectivity index (χ3v) is 7.82. The number of hydrogen-bond acceptors (Lipinski definition) is 6. The lowest BCUT2D eigenvalue weighted by molar-refractivity contribution is -0.119. The molecule has 0 saturated carbocycles. The van der Waals surface area contributed by atoms with Gasteiger partial charge in [-0.3, -0.25) is 14.4 Å². The monoisotopic (exact) mass is 566 g/mol. The van der Waals surface area contributed by atoms with E-state index in [1.165, 1.54) is 22.8 Å². The van der Waals surface area contributed by atoms with E-state index < -0.39 is 17.1 Å². The molecule has 3 N–H and O–H groups in total. The highest BCUT2D eigenvalue weighted by Gasteiger charge is 2.28. The molecule has 0 aromatic heterocycles. The molecule has 0 radical (unpaired) electrons. The Bertz CT molecular complexity index is 1680. The van der Waals surface area contributed by atoms with Crippen LogP contribution in [0.5, 0.6) is 0 Å². The summed E-state index contributed by atoms with van der Waals surface area (Å²) >= 11 is 1.33. The number of carboxylic acids is 1. The Morgan fingerprint density at radius 2 is 1.63 bits per heavy atom. The molecule has 1 heterocycles. The Balaban J connectivity index is 1.28. The number of carboxylic acid groups (broad SMARTS) is 1. The first-order valence-corrected chi connectivity index (χ1v) is 13.8. The Kier molecular flexibility index (Phi) is 8.11. The lowest BCUT2D eigenvalue weighted by Crippen LogP contribution is -2.36. The molecule has 0 aliphatic carbocycles. The van der Waals surface area contributed by atoms with Gasteiger partial charge in [-0.2, -0.15) is 10.1 Å². The molecule has 0 saturated heterocycles. The summed E-state index contributed by atoms with van der Waals surface area (Å²) in [6.07, 6.45) is 0.520. The number of para-hydroxylation sites is 1. The van der Waals surface area contributed by atoms with Gasteiger partial charge in [-0.1, -0.05) is 55.5 Å². The number of thioether (sulfide) groups is 1. The number of amidine groups is 1. The van der Waals surface area contributed by atoms with Crippen molar-refractivity contribution in [1.29, 1.82) is 0 Å². The summed E-state index contributed by atoms with van der Waals surface area (Å²) in [6.45, 7) is 1.89. The maximum atomic E-state index is 13.2. The second kappa shape index (κ2) is 12.1.